The summed E-state index contributed by atoms with van der Waals surface area (Å²) in [4.78, 5) is 49.6. The van der Waals surface area contributed by atoms with Crippen molar-refractivity contribution < 1.29 is 9.59 Å². The van der Waals surface area contributed by atoms with Gasteiger partial charge in [-0.15, -0.1) is 0 Å². The molecule has 2 aliphatic heterocycles. The molecule has 9 nitrogen and oxygen atoms in total. The van der Waals surface area contributed by atoms with Crippen molar-refractivity contribution in [1.82, 2.24) is 24.9 Å². The largest absolute Gasteiger partial charge is 0.314 e. The molecule has 0 fully saturated rings. The maximum atomic E-state index is 12.5. The lowest BCUT2D eigenvalue weighted by Crippen LogP contribution is -2.35. The normalized spacial score (nSPS) is 16.3. The van der Waals surface area contributed by atoms with E-state index in [9.17, 15) is 9.59 Å². The van der Waals surface area contributed by atoms with Crippen molar-refractivity contribution in [3.8, 4) is 22.4 Å². The Kier molecular flexibility index (Phi) is 6.93. The molecule has 0 aliphatic carbocycles. The number of carbonyl (C=O) groups is 2. The molecule has 0 saturated heterocycles. The molecule has 9 heteroatoms. The maximum Gasteiger partial charge on any atom is 0.237 e. The van der Waals surface area contributed by atoms with Crippen LogP contribution in [0.4, 0.5) is 11.4 Å². The van der Waals surface area contributed by atoms with Gasteiger partial charge in [0.05, 0.1) is 22.2 Å². The number of pyridine rings is 1. The van der Waals surface area contributed by atoms with Crippen LogP contribution in [0.15, 0.2) is 55.2 Å². The van der Waals surface area contributed by atoms with Crippen molar-refractivity contribution in [2.75, 3.05) is 23.4 Å². The maximum absolute atomic E-state index is 12.5. The summed E-state index contributed by atoms with van der Waals surface area (Å²) in [6, 6.07) is 8.09. The number of aromatic nitrogens is 5. The molecule has 1 aromatic carbocycles. The third-order valence-electron chi connectivity index (χ3n) is 8.01. The first-order valence-corrected chi connectivity index (χ1v) is 13.7. The lowest BCUT2D eigenvalue weighted by atomic mass is 9.85. The number of carbonyl (C=O) groups excluding carboxylic acids is 2. The molecule has 6 rings (SSSR count). The van der Waals surface area contributed by atoms with Crippen LogP contribution in [0.1, 0.15) is 57.4 Å². The van der Waals surface area contributed by atoms with Gasteiger partial charge in [0, 0.05) is 67.0 Å². The molecule has 3 aromatic heterocycles. The molecule has 0 bridgehead atoms. The molecular weight excluding hydrogens is 514 g/mol. The van der Waals surface area contributed by atoms with E-state index in [0.29, 0.717) is 6.54 Å². The Hall–Kier alpha value is -4.53. The van der Waals surface area contributed by atoms with Crippen molar-refractivity contribution in [3.05, 3.63) is 78.0 Å². The average Bonchev–Trinajstić information content (AvgIpc) is 3.26. The first-order chi connectivity index (χ1) is 19.4. The molecule has 0 radical (unpaired) electrons. The fraction of sp³-hybridized carbons (Fsp3) is 0.344. The number of hydrogen-bond acceptors (Lipinski definition) is 7. The fourth-order valence-electron chi connectivity index (χ4n) is 5.41. The number of rotatable bonds is 3. The Morgan fingerprint density at radius 1 is 0.659 bits per heavy atom. The highest BCUT2D eigenvalue weighted by Crippen LogP contribution is 2.43. The lowest BCUT2D eigenvalue weighted by molar-refractivity contribution is -0.122. The minimum Gasteiger partial charge on any atom is -0.314 e. The second-order valence-electron chi connectivity index (χ2n) is 11.5. The first-order valence-electron chi connectivity index (χ1n) is 13.7. The van der Waals surface area contributed by atoms with Crippen LogP contribution in [0.3, 0.4) is 0 Å². The molecule has 0 spiro atoms. The number of fused-ring (bicyclic) bond motifs is 2. The summed E-state index contributed by atoms with van der Waals surface area (Å²) in [5.74, 6) is 1.73. The summed E-state index contributed by atoms with van der Waals surface area (Å²) in [5.41, 5.74) is 6.64. The highest BCUT2D eigenvalue weighted by atomic mass is 16.2. The minimum atomic E-state index is -0.514. The molecule has 2 amide bonds. The second-order valence-corrected chi connectivity index (χ2v) is 11.5. The molecule has 210 valence electrons. The van der Waals surface area contributed by atoms with Gasteiger partial charge in [-0.2, -0.15) is 0 Å². The smallest absolute Gasteiger partial charge is 0.237 e. The van der Waals surface area contributed by atoms with Crippen LogP contribution >= 0.6 is 0 Å². The standard InChI is InChI=1S/C17H19N3O.C15H16N4O/c1-5-20-15-8-12(13-9-18-11(2)19-10-13)6-7-14(15)17(3,4)16(20)21;1-9-16-6-10(7-17-9)12-5-13-11(8-18-12)15(2,3)14(20)19(13)4/h6-10H,5H2,1-4H3;5-8H,1-4H3. The molecule has 0 N–H and O–H groups in total. The second kappa shape index (κ2) is 10.1. The van der Waals surface area contributed by atoms with Crippen LogP contribution in [0.2, 0.25) is 0 Å². The number of anilines is 2. The third kappa shape index (κ3) is 4.75. The number of hydrogen-bond donors (Lipinski definition) is 0. The zero-order valence-electron chi connectivity index (χ0n) is 24.9. The Labute approximate surface area is 240 Å². The lowest BCUT2D eigenvalue weighted by Gasteiger charge is -2.18. The SMILES string of the molecule is CCN1C(=O)C(C)(C)c2ccc(-c3cnc(C)nc3)cc21.Cc1ncc(-c2cc3c(cn2)C(C)(C)C(=O)N3C)cn1. The summed E-state index contributed by atoms with van der Waals surface area (Å²) in [7, 11) is 1.80. The minimum absolute atomic E-state index is 0.0895. The Morgan fingerprint density at radius 3 is 1.80 bits per heavy atom. The molecule has 4 aromatic rings. The molecule has 41 heavy (non-hydrogen) atoms. The van der Waals surface area contributed by atoms with E-state index in [4.69, 9.17) is 0 Å². The average molecular weight is 550 g/mol. The van der Waals surface area contributed by atoms with E-state index in [1.807, 2.05) is 77.9 Å². The van der Waals surface area contributed by atoms with E-state index in [1.165, 1.54) is 0 Å². The highest BCUT2D eigenvalue weighted by Gasteiger charge is 2.44. The summed E-state index contributed by atoms with van der Waals surface area (Å²) in [5, 5.41) is 0. The van der Waals surface area contributed by atoms with Gasteiger partial charge in [0.25, 0.3) is 0 Å². The van der Waals surface area contributed by atoms with Gasteiger partial charge >= 0.3 is 0 Å². The van der Waals surface area contributed by atoms with Crippen molar-refractivity contribution >= 4 is 23.2 Å². The van der Waals surface area contributed by atoms with Crippen molar-refractivity contribution in [3.63, 3.8) is 0 Å². The predicted octanol–water partition coefficient (Wildman–Crippen LogP) is 5.20. The van der Waals surface area contributed by atoms with Gasteiger partial charge in [0.1, 0.15) is 11.6 Å². The number of amides is 2. The molecule has 5 heterocycles. The fourth-order valence-corrected chi connectivity index (χ4v) is 5.41. The summed E-state index contributed by atoms with van der Waals surface area (Å²) in [6.07, 6.45) is 8.92. The number of benzene rings is 1. The number of likely N-dealkylation sites (N-methyl/N-ethyl adjacent to an activating group) is 2. The van der Waals surface area contributed by atoms with Crippen LogP contribution in [-0.4, -0.2) is 50.3 Å². The van der Waals surface area contributed by atoms with Gasteiger partial charge in [-0.05, 0) is 71.7 Å². The van der Waals surface area contributed by atoms with Gasteiger partial charge in [-0.3, -0.25) is 14.6 Å². The van der Waals surface area contributed by atoms with E-state index in [0.717, 1.165) is 56.5 Å². The molecule has 0 saturated carbocycles. The molecule has 2 aliphatic rings. The zero-order valence-corrected chi connectivity index (χ0v) is 24.9. The predicted molar refractivity (Wildman–Crippen MR) is 160 cm³/mol. The molecular formula is C32H35N7O2. The van der Waals surface area contributed by atoms with Gasteiger partial charge in [0.2, 0.25) is 11.8 Å². The zero-order chi connectivity index (χ0) is 29.7. The van der Waals surface area contributed by atoms with Crippen LogP contribution < -0.4 is 9.80 Å². The van der Waals surface area contributed by atoms with E-state index in [2.05, 4.69) is 37.1 Å². The third-order valence-corrected chi connectivity index (χ3v) is 8.01. The van der Waals surface area contributed by atoms with Crippen molar-refractivity contribution in [2.45, 2.75) is 59.3 Å². The first kappa shape index (κ1) is 28.0. The van der Waals surface area contributed by atoms with E-state index in [1.54, 1.807) is 30.5 Å². The van der Waals surface area contributed by atoms with E-state index in [-0.39, 0.29) is 11.8 Å². The van der Waals surface area contributed by atoms with E-state index < -0.39 is 10.8 Å². The summed E-state index contributed by atoms with van der Waals surface area (Å²) in [6.45, 7) is 14.2. The monoisotopic (exact) mass is 549 g/mol. The number of aryl methyl sites for hydroxylation is 2. The quantitative estimate of drug-likeness (QED) is 0.346. The highest BCUT2D eigenvalue weighted by molar-refractivity contribution is 6.08. The van der Waals surface area contributed by atoms with Gasteiger partial charge < -0.3 is 9.80 Å². The molecule has 0 atom stereocenters. The van der Waals surface area contributed by atoms with Crippen molar-refractivity contribution in [2.24, 2.45) is 0 Å². The van der Waals surface area contributed by atoms with Gasteiger partial charge in [-0.25, -0.2) is 19.9 Å². The Morgan fingerprint density at radius 2 is 1.22 bits per heavy atom. The van der Waals surface area contributed by atoms with Crippen LogP contribution in [0.25, 0.3) is 22.4 Å². The van der Waals surface area contributed by atoms with Gasteiger partial charge in [0.15, 0.2) is 0 Å². The van der Waals surface area contributed by atoms with Crippen LogP contribution in [-0.2, 0) is 20.4 Å². The van der Waals surface area contributed by atoms with Crippen LogP contribution in [0, 0.1) is 13.8 Å². The molecule has 0 unspecified atom stereocenters. The number of nitrogens with zero attached hydrogens (tertiary/aromatic N) is 7. The Balaban J connectivity index is 0.000000165. The summed E-state index contributed by atoms with van der Waals surface area (Å²) < 4.78 is 0. The Bertz CT molecular complexity index is 1640. The van der Waals surface area contributed by atoms with Crippen LogP contribution in [0.5, 0.6) is 0 Å². The van der Waals surface area contributed by atoms with E-state index >= 15 is 0 Å². The van der Waals surface area contributed by atoms with Crippen molar-refractivity contribution in [1.29, 1.82) is 0 Å². The topological polar surface area (TPSA) is 105 Å². The van der Waals surface area contributed by atoms with Gasteiger partial charge in [-0.1, -0.05) is 12.1 Å². The summed E-state index contributed by atoms with van der Waals surface area (Å²) >= 11 is 0.